The number of amides is 1. The summed E-state index contributed by atoms with van der Waals surface area (Å²) < 4.78 is 0. The van der Waals surface area contributed by atoms with Crippen molar-refractivity contribution in [2.75, 3.05) is 10.2 Å². The normalized spacial score (nSPS) is 25.8. The highest BCUT2D eigenvalue weighted by atomic mass is 16.2. The molecule has 1 fully saturated rings. The predicted molar refractivity (Wildman–Crippen MR) is 141 cm³/mol. The second-order valence-electron chi connectivity index (χ2n) is 10.9. The molecule has 1 saturated heterocycles. The fourth-order valence-corrected chi connectivity index (χ4v) is 6.35. The summed E-state index contributed by atoms with van der Waals surface area (Å²) in [7, 11) is 0. The molecule has 3 aliphatic heterocycles. The fraction of sp³-hybridized carbons (Fsp3) is 0.258. The van der Waals surface area contributed by atoms with Crippen LogP contribution < -0.4 is 10.2 Å². The van der Waals surface area contributed by atoms with Gasteiger partial charge in [-0.05, 0) is 23.3 Å². The molecule has 36 heavy (non-hydrogen) atoms. The Balaban J connectivity index is 1.69. The average Bonchev–Trinajstić information content (AvgIpc) is 3.36. The van der Waals surface area contributed by atoms with Crippen molar-refractivity contribution in [3.8, 4) is 0 Å². The lowest BCUT2D eigenvalue weighted by molar-refractivity contribution is -0.128. The Morgan fingerprint density at radius 1 is 0.889 bits per heavy atom. The van der Waals surface area contributed by atoms with Crippen molar-refractivity contribution in [3.63, 3.8) is 0 Å². The van der Waals surface area contributed by atoms with Crippen LogP contribution in [0.3, 0.4) is 0 Å². The minimum absolute atomic E-state index is 0.0547. The third kappa shape index (κ3) is 2.92. The number of hydrogen-bond donors (Lipinski definition) is 1. The van der Waals surface area contributed by atoms with E-state index in [1.807, 2.05) is 99.7 Å². The van der Waals surface area contributed by atoms with Gasteiger partial charge in [0.1, 0.15) is 11.5 Å². The maximum atomic E-state index is 14.5. The maximum Gasteiger partial charge on any atom is 0.238 e. The van der Waals surface area contributed by atoms with Crippen molar-refractivity contribution in [1.82, 2.24) is 0 Å². The number of rotatable bonds is 3. The van der Waals surface area contributed by atoms with Crippen molar-refractivity contribution in [2.24, 2.45) is 11.3 Å². The molecule has 3 aliphatic rings. The second kappa shape index (κ2) is 7.76. The van der Waals surface area contributed by atoms with E-state index in [4.69, 9.17) is 0 Å². The summed E-state index contributed by atoms with van der Waals surface area (Å²) in [6, 6.07) is 23.2. The lowest BCUT2D eigenvalue weighted by Gasteiger charge is -2.38. The molecule has 0 unspecified atom stereocenters. The highest BCUT2D eigenvalue weighted by Crippen LogP contribution is 2.58. The number of fused-ring (bicyclic) bond motifs is 6. The van der Waals surface area contributed by atoms with Crippen LogP contribution in [-0.2, 0) is 15.0 Å². The van der Waals surface area contributed by atoms with E-state index in [1.54, 1.807) is 12.1 Å². The summed E-state index contributed by atoms with van der Waals surface area (Å²) in [4.78, 5) is 45.0. The molecule has 3 aromatic rings. The van der Waals surface area contributed by atoms with E-state index in [0.29, 0.717) is 11.3 Å². The molecular weight excluding hydrogens is 448 g/mol. The highest BCUT2D eigenvalue weighted by Gasteiger charge is 2.70. The zero-order valence-corrected chi connectivity index (χ0v) is 20.6. The fourth-order valence-electron chi connectivity index (χ4n) is 6.35. The first-order valence-corrected chi connectivity index (χ1v) is 12.4. The van der Waals surface area contributed by atoms with Gasteiger partial charge in [0.25, 0.3) is 0 Å². The molecule has 3 heterocycles. The van der Waals surface area contributed by atoms with E-state index >= 15 is 0 Å². The molecule has 1 spiro atoms. The number of hydrogen-bond acceptors (Lipinski definition) is 4. The first kappa shape index (κ1) is 22.5. The Bertz CT molecular complexity index is 1440. The smallest absolute Gasteiger partial charge is 0.238 e. The SMILES string of the molecule is CC(C)(C)C(=O)[C@@H]1[C@H](C(=O)c2ccccc2)[C@@]2(C(=O)Nc3ccccc32)[C@H]2C=Cc3ccccc3N12. The first-order chi connectivity index (χ1) is 17.3. The van der Waals surface area contributed by atoms with Gasteiger partial charge in [0.2, 0.25) is 5.91 Å². The zero-order chi connectivity index (χ0) is 25.2. The number of anilines is 2. The molecule has 0 aliphatic carbocycles. The molecule has 4 atom stereocenters. The van der Waals surface area contributed by atoms with Crippen molar-refractivity contribution >= 4 is 34.9 Å². The van der Waals surface area contributed by atoms with Crippen LogP contribution in [0.2, 0.25) is 0 Å². The minimum atomic E-state index is -1.25. The summed E-state index contributed by atoms with van der Waals surface area (Å²) in [6.07, 6.45) is 4.02. The van der Waals surface area contributed by atoms with E-state index in [-0.39, 0.29) is 17.5 Å². The van der Waals surface area contributed by atoms with E-state index in [2.05, 4.69) is 10.2 Å². The van der Waals surface area contributed by atoms with Crippen LogP contribution in [0, 0.1) is 11.3 Å². The van der Waals surface area contributed by atoms with Gasteiger partial charge in [-0.2, -0.15) is 0 Å². The first-order valence-electron chi connectivity index (χ1n) is 12.4. The average molecular weight is 477 g/mol. The molecule has 0 saturated carbocycles. The number of nitrogens with one attached hydrogen (secondary N) is 1. The van der Waals surface area contributed by atoms with Crippen molar-refractivity contribution in [3.05, 3.63) is 102 Å². The summed E-state index contributed by atoms with van der Waals surface area (Å²) >= 11 is 0. The van der Waals surface area contributed by atoms with Crippen LogP contribution in [0.4, 0.5) is 11.4 Å². The van der Waals surface area contributed by atoms with Gasteiger partial charge in [0.15, 0.2) is 11.6 Å². The van der Waals surface area contributed by atoms with Gasteiger partial charge in [0.05, 0.1) is 12.0 Å². The lowest BCUT2D eigenvalue weighted by atomic mass is 9.63. The maximum absolute atomic E-state index is 14.5. The molecule has 6 rings (SSSR count). The molecule has 5 heteroatoms. The minimum Gasteiger partial charge on any atom is -0.352 e. The van der Waals surface area contributed by atoms with Gasteiger partial charge in [0, 0.05) is 22.4 Å². The molecule has 0 bridgehead atoms. The van der Waals surface area contributed by atoms with Crippen LogP contribution in [0.15, 0.2) is 84.9 Å². The van der Waals surface area contributed by atoms with Gasteiger partial charge in [-0.1, -0.05) is 99.7 Å². The van der Waals surface area contributed by atoms with Gasteiger partial charge in [-0.15, -0.1) is 0 Å². The Morgan fingerprint density at radius 2 is 1.56 bits per heavy atom. The van der Waals surface area contributed by atoms with Gasteiger partial charge in [-0.25, -0.2) is 0 Å². The summed E-state index contributed by atoms with van der Waals surface area (Å²) in [5.41, 5.74) is 1.84. The van der Waals surface area contributed by atoms with Gasteiger partial charge >= 0.3 is 0 Å². The molecule has 0 radical (unpaired) electrons. The van der Waals surface area contributed by atoms with E-state index in [1.165, 1.54) is 0 Å². The number of carbonyl (C=O) groups excluding carboxylic acids is 3. The third-order valence-electron chi connectivity index (χ3n) is 7.89. The predicted octanol–water partition coefficient (Wildman–Crippen LogP) is 5.28. The van der Waals surface area contributed by atoms with E-state index in [9.17, 15) is 14.4 Å². The van der Waals surface area contributed by atoms with Crippen molar-refractivity contribution in [2.45, 2.75) is 38.3 Å². The second-order valence-corrected chi connectivity index (χ2v) is 10.9. The Kier molecular flexibility index (Phi) is 4.84. The van der Waals surface area contributed by atoms with Crippen molar-refractivity contribution < 1.29 is 14.4 Å². The monoisotopic (exact) mass is 476 g/mol. The van der Waals surface area contributed by atoms with E-state index in [0.717, 1.165) is 16.8 Å². The van der Waals surface area contributed by atoms with Crippen LogP contribution in [0.1, 0.15) is 42.3 Å². The Labute approximate surface area is 210 Å². The summed E-state index contributed by atoms with van der Waals surface area (Å²) in [6.45, 7) is 5.65. The zero-order valence-electron chi connectivity index (χ0n) is 20.6. The molecular formula is C31H28N2O3. The van der Waals surface area contributed by atoms with Crippen LogP contribution in [-0.4, -0.2) is 29.6 Å². The topological polar surface area (TPSA) is 66.5 Å². The number of benzene rings is 3. The molecule has 3 aromatic carbocycles. The lowest BCUT2D eigenvalue weighted by Crippen LogP contribution is -2.51. The molecule has 0 aromatic heterocycles. The summed E-state index contributed by atoms with van der Waals surface area (Å²) in [5, 5.41) is 3.06. The van der Waals surface area contributed by atoms with Gasteiger partial charge in [-0.3, -0.25) is 14.4 Å². The Morgan fingerprint density at radius 3 is 2.31 bits per heavy atom. The molecule has 180 valence electrons. The number of carbonyl (C=O) groups is 3. The van der Waals surface area contributed by atoms with Crippen LogP contribution in [0.25, 0.3) is 6.08 Å². The molecule has 1 amide bonds. The van der Waals surface area contributed by atoms with Crippen LogP contribution >= 0.6 is 0 Å². The Hall–Kier alpha value is -3.99. The number of ketones is 2. The number of para-hydroxylation sites is 2. The van der Waals surface area contributed by atoms with Crippen molar-refractivity contribution in [1.29, 1.82) is 0 Å². The third-order valence-corrected chi connectivity index (χ3v) is 7.89. The molecule has 1 N–H and O–H groups in total. The van der Waals surface area contributed by atoms with E-state index < -0.39 is 28.8 Å². The standard InChI is InChI=1S/C31H28N2O3/c1-30(2,3)28(35)26-25(27(34)20-12-5-4-6-13-20)31(21-14-8-9-15-22(21)32-29(31)36)24-18-17-19-11-7-10-16-23(19)33(24)26/h4-18,24-26H,1-3H3,(H,32,36)/t24-,25-,26+,31+/m1/s1. The van der Waals surface area contributed by atoms with Crippen LogP contribution in [0.5, 0.6) is 0 Å². The highest BCUT2D eigenvalue weighted by molar-refractivity contribution is 6.17. The number of Topliss-reactive ketones (excluding diaryl/α,β-unsaturated/α-hetero) is 2. The van der Waals surface area contributed by atoms with Gasteiger partial charge < -0.3 is 10.2 Å². The molecule has 5 nitrogen and oxygen atoms in total. The largest absolute Gasteiger partial charge is 0.352 e. The number of nitrogens with zero attached hydrogens (tertiary/aromatic N) is 1. The summed E-state index contributed by atoms with van der Waals surface area (Å²) in [5.74, 6) is -1.39. The quantitative estimate of drug-likeness (QED) is 0.523.